The zero-order valence-corrected chi connectivity index (χ0v) is 20.9. The average Bonchev–Trinajstić information content (AvgIpc) is 3.29. The number of esters is 1. The van der Waals surface area contributed by atoms with Crippen LogP contribution in [-0.2, 0) is 34.9 Å². The average molecular weight is 511 g/mol. The highest BCUT2D eigenvalue weighted by molar-refractivity contribution is 6.51. The van der Waals surface area contributed by atoms with Gasteiger partial charge in [-0.15, -0.1) is 0 Å². The lowest BCUT2D eigenvalue weighted by atomic mass is 9.65. The van der Waals surface area contributed by atoms with Crippen LogP contribution in [0.3, 0.4) is 0 Å². The van der Waals surface area contributed by atoms with E-state index in [1.807, 2.05) is 44.2 Å². The Morgan fingerprint density at radius 1 is 1.19 bits per heavy atom. The molecule has 0 aliphatic carbocycles. The van der Waals surface area contributed by atoms with E-state index in [1.165, 1.54) is 18.6 Å². The first kappa shape index (κ1) is 27.9. The number of aromatic nitrogens is 2. The van der Waals surface area contributed by atoms with Gasteiger partial charge in [-0.2, -0.15) is 0 Å². The fraction of sp³-hybridized carbons (Fsp3) is 0.440. The van der Waals surface area contributed by atoms with E-state index >= 15 is 0 Å². The third-order valence-corrected chi connectivity index (χ3v) is 5.87. The van der Waals surface area contributed by atoms with Crippen molar-refractivity contribution in [1.29, 1.82) is 0 Å². The van der Waals surface area contributed by atoms with E-state index in [0.717, 1.165) is 12.7 Å². The number of nitrogens with zero attached hydrogens (tertiary/aromatic N) is 2. The number of carbonyl (C=O) groups excluding carboxylic acids is 4. The molecule has 0 spiro atoms. The standard InChI is InChI=1S/C25H30BN3O8/c1-15(2)11-17(26-36-22(25(34)37-26)21(31)24(33)35-3)13-20(30)18(12-16-7-5-4-6-8-16)29-23(32)19-14-27-9-10-28-19/h4-10,14-15,17-18,21-22,31H,11-13H2,1-3H3,(H,29,32)/t17-,18+,21-,22-/m1/s1. The summed E-state index contributed by atoms with van der Waals surface area (Å²) in [6, 6.07) is 8.31. The third-order valence-electron chi connectivity index (χ3n) is 5.87. The SMILES string of the molecule is COC(=O)[C@H](O)[C@H]1OB([C@@H](CC(=O)[C@H](Cc2ccccc2)NC(=O)c2cnccn2)CC(C)C)OC1=O. The summed E-state index contributed by atoms with van der Waals surface area (Å²) in [5, 5.41) is 12.8. The molecule has 4 atom stereocenters. The number of carbonyl (C=O) groups is 4. The number of Topliss-reactive ketones (excluding diaryl/α,β-unsaturated/α-hetero) is 1. The molecule has 0 unspecified atom stereocenters. The number of ether oxygens (including phenoxy) is 1. The van der Waals surface area contributed by atoms with Gasteiger partial charge in [-0.3, -0.25) is 19.4 Å². The summed E-state index contributed by atoms with van der Waals surface area (Å²) in [4.78, 5) is 58.2. The lowest BCUT2D eigenvalue weighted by Gasteiger charge is -2.23. The number of hydrogen-bond donors (Lipinski definition) is 2. The molecule has 2 N–H and O–H groups in total. The number of aliphatic hydroxyl groups is 1. The number of aliphatic hydroxyl groups excluding tert-OH is 1. The van der Waals surface area contributed by atoms with E-state index in [0.29, 0.717) is 6.42 Å². The van der Waals surface area contributed by atoms with Gasteiger partial charge in [0.2, 0.25) is 0 Å². The Hall–Kier alpha value is -3.64. The second-order valence-corrected chi connectivity index (χ2v) is 9.20. The molecule has 1 aliphatic heterocycles. The molecule has 37 heavy (non-hydrogen) atoms. The minimum atomic E-state index is -1.85. The molecule has 1 saturated heterocycles. The monoisotopic (exact) mass is 511 g/mol. The van der Waals surface area contributed by atoms with Gasteiger partial charge in [0.1, 0.15) is 5.69 Å². The van der Waals surface area contributed by atoms with Gasteiger partial charge in [-0.1, -0.05) is 44.2 Å². The van der Waals surface area contributed by atoms with Gasteiger partial charge < -0.3 is 24.5 Å². The van der Waals surface area contributed by atoms with Gasteiger partial charge in [-0.25, -0.2) is 9.78 Å². The van der Waals surface area contributed by atoms with Gasteiger partial charge in [0, 0.05) is 24.6 Å². The zero-order chi connectivity index (χ0) is 26.9. The van der Waals surface area contributed by atoms with Gasteiger partial charge in [0.25, 0.3) is 5.91 Å². The van der Waals surface area contributed by atoms with Crippen molar-refractivity contribution in [2.75, 3.05) is 7.11 Å². The number of methoxy groups -OCH3 is 1. The van der Waals surface area contributed by atoms with Crippen molar-refractivity contribution >= 4 is 30.7 Å². The van der Waals surface area contributed by atoms with Crippen molar-refractivity contribution in [3.05, 3.63) is 60.2 Å². The van der Waals surface area contributed by atoms with Crippen LogP contribution in [0.4, 0.5) is 0 Å². The number of amides is 1. The Balaban J connectivity index is 1.78. The van der Waals surface area contributed by atoms with Crippen LogP contribution in [0.25, 0.3) is 0 Å². The number of benzene rings is 1. The molecule has 2 aromatic rings. The van der Waals surface area contributed by atoms with Gasteiger partial charge in [0.05, 0.1) is 19.3 Å². The van der Waals surface area contributed by atoms with E-state index in [-0.39, 0.29) is 30.2 Å². The van der Waals surface area contributed by atoms with Crippen molar-refractivity contribution in [1.82, 2.24) is 15.3 Å². The largest absolute Gasteiger partial charge is 0.531 e. The minimum Gasteiger partial charge on any atom is -0.507 e. The van der Waals surface area contributed by atoms with E-state index in [9.17, 15) is 24.3 Å². The Morgan fingerprint density at radius 2 is 1.92 bits per heavy atom. The quantitative estimate of drug-likeness (QED) is 0.313. The summed E-state index contributed by atoms with van der Waals surface area (Å²) in [5.41, 5.74) is 0.908. The molecular weight excluding hydrogens is 481 g/mol. The first-order chi connectivity index (χ1) is 17.7. The van der Waals surface area contributed by atoms with Crippen molar-refractivity contribution in [2.45, 2.75) is 57.2 Å². The molecule has 1 fully saturated rings. The van der Waals surface area contributed by atoms with Crippen molar-refractivity contribution in [3.63, 3.8) is 0 Å². The highest BCUT2D eigenvalue weighted by atomic mass is 16.7. The zero-order valence-electron chi connectivity index (χ0n) is 20.9. The van der Waals surface area contributed by atoms with E-state index in [2.05, 4.69) is 20.0 Å². The van der Waals surface area contributed by atoms with E-state index in [1.54, 1.807) is 0 Å². The Kier molecular flexibility index (Phi) is 9.87. The Labute approximate surface area is 215 Å². The summed E-state index contributed by atoms with van der Waals surface area (Å²) < 4.78 is 15.4. The maximum Gasteiger partial charge on any atom is 0.531 e. The number of ketones is 1. The maximum absolute atomic E-state index is 13.5. The lowest BCUT2D eigenvalue weighted by molar-refractivity contribution is -0.160. The van der Waals surface area contributed by atoms with Crippen LogP contribution in [0.15, 0.2) is 48.9 Å². The van der Waals surface area contributed by atoms with Crippen LogP contribution in [0, 0.1) is 5.92 Å². The number of rotatable bonds is 12. The fourth-order valence-corrected chi connectivity index (χ4v) is 4.10. The van der Waals surface area contributed by atoms with E-state index in [4.69, 9.17) is 9.31 Å². The second kappa shape index (κ2) is 13.1. The molecule has 12 heteroatoms. The summed E-state index contributed by atoms with van der Waals surface area (Å²) >= 11 is 0. The predicted octanol–water partition coefficient (Wildman–Crippen LogP) is 1.16. The second-order valence-electron chi connectivity index (χ2n) is 9.20. The minimum absolute atomic E-state index is 0.0692. The normalized spacial score (nSPS) is 17.6. The first-order valence-electron chi connectivity index (χ1n) is 11.9. The number of hydrogen-bond acceptors (Lipinski definition) is 10. The van der Waals surface area contributed by atoms with Crippen LogP contribution >= 0.6 is 0 Å². The van der Waals surface area contributed by atoms with Crippen LogP contribution in [-0.4, -0.2) is 71.2 Å². The maximum atomic E-state index is 13.5. The summed E-state index contributed by atoms with van der Waals surface area (Å²) in [6.07, 6.45) is 1.30. The van der Waals surface area contributed by atoms with Crippen LogP contribution < -0.4 is 5.32 Å². The molecule has 1 aliphatic rings. The fourth-order valence-electron chi connectivity index (χ4n) is 4.10. The molecule has 2 heterocycles. The lowest BCUT2D eigenvalue weighted by Crippen LogP contribution is -2.44. The topological polar surface area (TPSA) is 154 Å². The van der Waals surface area contributed by atoms with Crippen molar-refractivity contribution in [3.8, 4) is 0 Å². The summed E-state index contributed by atoms with van der Waals surface area (Å²) in [7, 11) is -0.0811. The molecule has 11 nitrogen and oxygen atoms in total. The van der Waals surface area contributed by atoms with Crippen LogP contribution in [0.1, 0.15) is 42.7 Å². The first-order valence-corrected chi connectivity index (χ1v) is 11.9. The molecule has 1 aromatic heterocycles. The molecule has 1 amide bonds. The van der Waals surface area contributed by atoms with Crippen LogP contribution in [0.2, 0.25) is 5.82 Å². The highest BCUT2D eigenvalue weighted by Crippen LogP contribution is 2.32. The third kappa shape index (κ3) is 7.67. The van der Waals surface area contributed by atoms with E-state index < -0.39 is 49.0 Å². The molecule has 0 bridgehead atoms. The molecule has 0 saturated carbocycles. The molecule has 0 radical (unpaired) electrons. The molecular formula is C25H30BN3O8. The number of nitrogens with one attached hydrogen (secondary N) is 1. The van der Waals surface area contributed by atoms with Crippen molar-refractivity contribution < 1.29 is 38.3 Å². The molecule has 3 rings (SSSR count). The van der Waals surface area contributed by atoms with Gasteiger partial charge in [0.15, 0.2) is 18.0 Å². The van der Waals surface area contributed by atoms with Crippen molar-refractivity contribution in [2.24, 2.45) is 5.92 Å². The van der Waals surface area contributed by atoms with Crippen LogP contribution in [0.5, 0.6) is 0 Å². The Bertz CT molecular complexity index is 1090. The smallest absolute Gasteiger partial charge is 0.507 e. The van der Waals surface area contributed by atoms with Gasteiger partial charge >= 0.3 is 19.1 Å². The Morgan fingerprint density at radius 3 is 2.54 bits per heavy atom. The predicted molar refractivity (Wildman–Crippen MR) is 131 cm³/mol. The highest BCUT2D eigenvalue weighted by Gasteiger charge is 2.50. The summed E-state index contributed by atoms with van der Waals surface area (Å²) in [5.74, 6) is -3.28. The van der Waals surface area contributed by atoms with Gasteiger partial charge in [-0.05, 0) is 24.3 Å². The molecule has 196 valence electrons. The summed E-state index contributed by atoms with van der Waals surface area (Å²) in [6.45, 7) is 3.87. The molecule has 1 aromatic carbocycles.